The predicted molar refractivity (Wildman–Crippen MR) is 109 cm³/mol. The van der Waals surface area contributed by atoms with Crippen LogP contribution in [0.25, 0.3) is 22.2 Å². The fraction of sp³-hybridized carbons (Fsp3) is 0.350. The van der Waals surface area contributed by atoms with Gasteiger partial charge >= 0.3 is 6.03 Å². The number of pyridine rings is 1. The van der Waals surface area contributed by atoms with Crippen LogP contribution in [0, 0.1) is 11.6 Å². The number of likely N-dealkylation sites (tertiary alicyclic amines) is 1. The van der Waals surface area contributed by atoms with Crippen molar-refractivity contribution in [3.8, 4) is 11.3 Å². The summed E-state index contributed by atoms with van der Waals surface area (Å²) in [6, 6.07) is 1.24. The number of aromatic nitrogens is 3. The Bertz CT molecular complexity index is 1210. The minimum atomic E-state index is -1.09. The third kappa shape index (κ3) is 3.02. The van der Waals surface area contributed by atoms with Gasteiger partial charge in [-0.25, -0.2) is 18.3 Å². The van der Waals surface area contributed by atoms with Gasteiger partial charge in [0.2, 0.25) is 0 Å². The number of carbonyl (C=O) groups excluding carboxylic acids is 1. The lowest BCUT2D eigenvalue weighted by molar-refractivity contribution is 0.0943. The molecule has 1 N–H and O–H groups in total. The first-order chi connectivity index (χ1) is 14.4. The molecule has 0 bridgehead atoms. The smallest absolute Gasteiger partial charge is 0.328 e. The molecule has 0 aromatic heterocycles. The van der Waals surface area contributed by atoms with Gasteiger partial charge in [-0.2, -0.15) is 5.10 Å². The van der Waals surface area contributed by atoms with E-state index in [4.69, 9.17) is 0 Å². The Labute approximate surface area is 173 Å². The number of allylic oxidation sites excluding steroid dienone is 1. The molecule has 0 saturated carbocycles. The highest BCUT2D eigenvalue weighted by Crippen LogP contribution is 2.32. The average Bonchev–Trinajstić information content (AvgIpc) is 3.37. The third-order valence-electron chi connectivity index (χ3n) is 5.63. The van der Waals surface area contributed by atoms with Gasteiger partial charge in [0, 0.05) is 36.5 Å². The van der Waals surface area contributed by atoms with E-state index in [1.165, 1.54) is 20.3 Å². The van der Waals surface area contributed by atoms with Gasteiger partial charge in [0.25, 0.3) is 5.56 Å². The maximum Gasteiger partial charge on any atom is 0.328 e. The van der Waals surface area contributed by atoms with Gasteiger partial charge < -0.3 is 10.0 Å². The zero-order valence-electron chi connectivity index (χ0n) is 15.8. The lowest BCUT2D eigenvalue weighted by Crippen LogP contribution is -2.42. The Morgan fingerprint density at radius 2 is 1.93 bits per heavy atom. The highest BCUT2D eigenvalue weighted by molar-refractivity contribution is 8.02. The Morgan fingerprint density at radius 1 is 1.20 bits per heavy atom. The van der Waals surface area contributed by atoms with Crippen LogP contribution in [0.5, 0.6) is 0 Å². The van der Waals surface area contributed by atoms with Gasteiger partial charge in [-0.15, -0.1) is 11.8 Å². The molecule has 10 heteroatoms. The van der Waals surface area contributed by atoms with Gasteiger partial charge in [0.05, 0.1) is 23.2 Å². The molecule has 5 rings (SSSR count). The lowest BCUT2D eigenvalue weighted by atomic mass is 10.1. The number of hydrogen-bond acceptors (Lipinski definition) is 5. The van der Waals surface area contributed by atoms with Crippen molar-refractivity contribution in [1.82, 2.24) is 19.2 Å². The van der Waals surface area contributed by atoms with Crippen LogP contribution in [-0.4, -0.2) is 55.3 Å². The molecule has 4 heterocycles. The highest BCUT2D eigenvalue weighted by atomic mass is 32.2. The van der Waals surface area contributed by atoms with Crippen LogP contribution in [0.4, 0.5) is 13.6 Å². The quantitative estimate of drug-likeness (QED) is 0.640. The summed E-state index contributed by atoms with van der Waals surface area (Å²) in [5, 5.41) is 16.2. The summed E-state index contributed by atoms with van der Waals surface area (Å²) in [6.07, 6.45) is 3.63. The minimum absolute atomic E-state index is 0.138. The van der Waals surface area contributed by atoms with Gasteiger partial charge in [-0.3, -0.25) is 9.36 Å². The molecule has 156 valence electrons. The second-order valence-corrected chi connectivity index (χ2v) is 8.46. The normalized spacial score (nSPS) is 20.0. The molecule has 1 fully saturated rings. The number of aliphatic hydroxyl groups is 1. The summed E-state index contributed by atoms with van der Waals surface area (Å²) in [4.78, 5) is 27.7. The molecule has 1 unspecified atom stereocenters. The Kier molecular flexibility index (Phi) is 4.62. The van der Waals surface area contributed by atoms with E-state index in [0.717, 1.165) is 12.1 Å². The number of rotatable bonds is 1. The number of aliphatic hydroxyl groups excluding tert-OH is 1. The fourth-order valence-corrected chi connectivity index (χ4v) is 4.82. The first kappa shape index (κ1) is 19.3. The number of thioether (sulfide) groups is 1. The molecule has 1 amide bonds. The van der Waals surface area contributed by atoms with Crippen molar-refractivity contribution >= 4 is 28.7 Å². The number of carbonyl (C=O) groups is 1. The highest BCUT2D eigenvalue weighted by Gasteiger charge is 2.29. The topological polar surface area (TPSA) is 80.4 Å². The summed E-state index contributed by atoms with van der Waals surface area (Å²) in [5.41, 5.74) is 0.157. The lowest BCUT2D eigenvalue weighted by Gasteiger charge is -2.30. The average molecular weight is 432 g/mol. The molecule has 0 aliphatic carbocycles. The molecular weight excluding hydrogens is 414 g/mol. The predicted octanol–water partition coefficient (Wildman–Crippen LogP) is 2.81. The number of amides is 1. The van der Waals surface area contributed by atoms with Gasteiger partial charge in [0.15, 0.2) is 11.6 Å². The second-order valence-electron chi connectivity index (χ2n) is 7.52. The van der Waals surface area contributed by atoms with Crippen molar-refractivity contribution < 1.29 is 18.7 Å². The summed E-state index contributed by atoms with van der Waals surface area (Å²) >= 11 is 1.55. The number of fused-ring (bicyclic) bond motifs is 3. The molecule has 1 atom stereocenters. The van der Waals surface area contributed by atoms with E-state index in [2.05, 4.69) is 5.10 Å². The molecule has 1 aromatic rings. The van der Waals surface area contributed by atoms with Crippen LogP contribution in [0.3, 0.4) is 0 Å². The molecule has 0 radical (unpaired) electrons. The molecule has 4 aliphatic heterocycles. The zero-order chi connectivity index (χ0) is 21.0. The largest absolute Gasteiger partial charge is 0.393 e. The summed E-state index contributed by atoms with van der Waals surface area (Å²) in [7, 11) is 0. The molecule has 30 heavy (non-hydrogen) atoms. The second kappa shape index (κ2) is 7.21. The maximum atomic E-state index is 14.1. The van der Waals surface area contributed by atoms with Crippen molar-refractivity contribution in [3.05, 3.63) is 51.8 Å². The van der Waals surface area contributed by atoms with E-state index in [1.807, 2.05) is 11.5 Å². The Hall–Kier alpha value is -2.72. The van der Waals surface area contributed by atoms with E-state index in [-0.39, 0.29) is 33.8 Å². The van der Waals surface area contributed by atoms with E-state index in [1.54, 1.807) is 11.8 Å². The van der Waals surface area contributed by atoms with Gasteiger partial charge in [-0.05, 0) is 24.3 Å². The standard InChI is InChI=1S/C20H18F2N4O3S/c21-15-7-13-17(8-16(15)22)25(20(29)24-4-1-12(27)2-5-24)9-14-18(13)23-26(19(14)28)11-3-6-30-10-11/h3,6-9,11-12,27H,1-2,4-5,10H2. The van der Waals surface area contributed by atoms with E-state index < -0.39 is 23.8 Å². The van der Waals surface area contributed by atoms with Crippen LogP contribution in [0.1, 0.15) is 18.9 Å². The van der Waals surface area contributed by atoms with Crippen molar-refractivity contribution in [1.29, 1.82) is 0 Å². The van der Waals surface area contributed by atoms with Crippen LogP contribution in [0.15, 0.2) is 34.6 Å². The zero-order valence-corrected chi connectivity index (χ0v) is 16.6. The number of hydrogen-bond donors (Lipinski definition) is 1. The molecule has 1 saturated heterocycles. The summed E-state index contributed by atoms with van der Waals surface area (Å²) in [5.74, 6) is -1.51. The Balaban J connectivity index is 1.73. The van der Waals surface area contributed by atoms with Crippen LogP contribution < -0.4 is 5.56 Å². The number of nitrogens with zero attached hydrogens (tertiary/aromatic N) is 4. The SMILES string of the molecule is O=C(N1CCC(O)CC1)n1cc2c(=O)n(C3C=CSC3)nc-2c2cc(F)c(F)cc21. The van der Waals surface area contributed by atoms with Gasteiger partial charge in [-0.1, -0.05) is 6.08 Å². The van der Waals surface area contributed by atoms with Crippen LogP contribution in [-0.2, 0) is 0 Å². The first-order valence-electron chi connectivity index (χ1n) is 9.62. The molecule has 7 nitrogen and oxygen atoms in total. The van der Waals surface area contributed by atoms with E-state index >= 15 is 0 Å². The third-order valence-corrected chi connectivity index (χ3v) is 6.52. The molecular formula is C20H18F2N4O3S. The molecule has 4 aliphatic rings. The van der Waals surface area contributed by atoms with E-state index in [0.29, 0.717) is 31.7 Å². The maximum absolute atomic E-state index is 14.1. The first-order valence-corrected chi connectivity index (χ1v) is 10.7. The minimum Gasteiger partial charge on any atom is -0.393 e. The van der Waals surface area contributed by atoms with Gasteiger partial charge in [0.1, 0.15) is 5.69 Å². The van der Waals surface area contributed by atoms with Crippen molar-refractivity contribution in [2.45, 2.75) is 25.0 Å². The Morgan fingerprint density at radius 3 is 2.63 bits per heavy atom. The number of halogens is 2. The fourth-order valence-electron chi connectivity index (χ4n) is 3.97. The van der Waals surface area contributed by atoms with Crippen molar-refractivity contribution in [2.24, 2.45) is 0 Å². The molecule has 1 aromatic carbocycles. The summed E-state index contributed by atoms with van der Waals surface area (Å²) in [6.45, 7) is 0.674. The van der Waals surface area contributed by atoms with E-state index in [9.17, 15) is 23.5 Å². The number of benzene rings is 1. The summed E-state index contributed by atoms with van der Waals surface area (Å²) < 4.78 is 30.7. The number of piperidine rings is 1. The van der Waals surface area contributed by atoms with Crippen LogP contribution in [0.2, 0.25) is 0 Å². The monoisotopic (exact) mass is 432 g/mol. The van der Waals surface area contributed by atoms with Crippen LogP contribution >= 0.6 is 11.8 Å². The van der Waals surface area contributed by atoms with Crippen molar-refractivity contribution in [3.63, 3.8) is 0 Å². The van der Waals surface area contributed by atoms with Crippen molar-refractivity contribution in [2.75, 3.05) is 18.8 Å². The molecule has 0 spiro atoms.